The standard InChI is InChI=1S/C17H16ClN3O2S/c1-11-6-7-24-15(11)9-19-20-17(23)12-8-16(22)21(10-12)14-4-2-13(18)3-5-14/h2-7,9,12H,8,10H2,1H3,(H,20,23)/b19-9-/t12-/m1/s1. The summed E-state index contributed by atoms with van der Waals surface area (Å²) in [5, 5.41) is 6.57. The van der Waals surface area contributed by atoms with Crippen LogP contribution in [0.15, 0.2) is 40.8 Å². The monoisotopic (exact) mass is 361 g/mol. The van der Waals surface area contributed by atoms with E-state index in [2.05, 4.69) is 10.5 Å². The summed E-state index contributed by atoms with van der Waals surface area (Å²) in [5.41, 5.74) is 4.39. The van der Waals surface area contributed by atoms with Crippen molar-refractivity contribution < 1.29 is 9.59 Å². The molecule has 5 nitrogen and oxygen atoms in total. The Morgan fingerprint density at radius 1 is 1.38 bits per heavy atom. The molecule has 24 heavy (non-hydrogen) atoms. The summed E-state index contributed by atoms with van der Waals surface area (Å²) in [5.74, 6) is -0.726. The summed E-state index contributed by atoms with van der Waals surface area (Å²) < 4.78 is 0. The predicted molar refractivity (Wildman–Crippen MR) is 96.7 cm³/mol. The molecule has 0 bridgehead atoms. The Morgan fingerprint density at radius 2 is 2.12 bits per heavy atom. The third kappa shape index (κ3) is 3.66. The zero-order valence-electron chi connectivity index (χ0n) is 13.0. The van der Waals surface area contributed by atoms with E-state index in [-0.39, 0.29) is 18.2 Å². The molecule has 1 fully saturated rings. The average Bonchev–Trinajstić information content (AvgIpc) is 3.14. The lowest BCUT2D eigenvalue weighted by Crippen LogP contribution is -2.30. The fourth-order valence-corrected chi connectivity index (χ4v) is 3.43. The maximum absolute atomic E-state index is 12.2. The normalized spacial score (nSPS) is 17.7. The molecule has 1 atom stereocenters. The Morgan fingerprint density at radius 3 is 2.79 bits per heavy atom. The number of carbonyl (C=O) groups is 2. The first-order valence-corrected chi connectivity index (χ1v) is 8.73. The smallest absolute Gasteiger partial charge is 0.245 e. The number of benzene rings is 1. The van der Waals surface area contributed by atoms with E-state index >= 15 is 0 Å². The number of nitrogens with zero attached hydrogens (tertiary/aromatic N) is 2. The second-order valence-electron chi connectivity index (χ2n) is 5.58. The number of nitrogens with one attached hydrogen (secondary N) is 1. The van der Waals surface area contributed by atoms with E-state index in [9.17, 15) is 9.59 Å². The number of amides is 2. The van der Waals surface area contributed by atoms with Gasteiger partial charge >= 0.3 is 0 Å². The van der Waals surface area contributed by atoms with E-state index in [1.807, 2.05) is 18.4 Å². The van der Waals surface area contributed by atoms with Crippen LogP contribution in [-0.4, -0.2) is 24.6 Å². The number of hydrazone groups is 1. The summed E-state index contributed by atoms with van der Waals surface area (Å²) in [4.78, 5) is 27.0. The zero-order valence-corrected chi connectivity index (χ0v) is 14.6. The predicted octanol–water partition coefficient (Wildman–Crippen LogP) is 3.21. The number of hydrogen-bond donors (Lipinski definition) is 1. The largest absolute Gasteiger partial charge is 0.312 e. The SMILES string of the molecule is Cc1ccsc1/C=N\NC(=O)[C@@H]1CC(=O)N(c2ccc(Cl)cc2)C1. The molecular formula is C17H16ClN3O2S. The molecule has 0 radical (unpaired) electrons. The molecule has 7 heteroatoms. The maximum Gasteiger partial charge on any atom is 0.245 e. The molecule has 1 aromatic heterocycles. The third-order valence-electron chi connectivity index (χ3n) is 3.89. The van der Waals surface area contributed by atoms with Crippen molar-refractivity contribution in [1.82, 2.24) is 5.43 Å². The van der Waals surface area contributed by atoms with Crippen LogP contribution in [-0.2, 0) is 9.59 Å². The van der Waals surface area contributed by atoms with Gasteiger partial charge in [0.05, 0.1) is 12.1 Å². The summed E-state index contributed by atoms with van der Waals surface area (Å²) in [6, 6.07) is 9.00. The van der Waals surface area contributed by atoms with Crippen molar-refractivity contribution in [2.45, 2.75) is 13.3 Å². The number of rotatable bonds is 4. The van der Waals surface area contributed by atoms with Crippen molar-refractivity contribution in [2.75, 3.05) is 11.4 Å². The van der Waals surface area contributed by atoms with Crippen molar-refractivity contribution in [3.05, 3.63) is 51.2 Å². The molecule has 0 spiro atoms. The van der Waals surface area contributed by atoms with Crippen LogP contribution in [0.2, 0.25) is 5.02 Å². The molecule has 3 rings (SSSR count). The summed E-state index contributed by atoms with van der Waals surface area (Å²) in [6.45, 7) is 2.33. The highest BCUT2D eigenvalue weighted by Crippen LogP contribution is 2.26. The Hall–Kier alpha value is -2.18. The van der Waals surface area contributed by atoms with Crippen LogP contribution in [0, 0.1) is 12.8 Å². The Labute approximate surface area is 148 Å². The van der Waals surface area contributed by atoms with Crippen molar-refractivity contribution in [3.63, 3.8) is 0 Å². The summed E-state index contributed by atoms with van der Waals surface area (Å²) in [7, 11) is 0. The first kappa shape index (κ1) is 16.7. The quantitative estimate of drug-likeness (QED) is 0.671. The maximum atomic E-state index is 12.2. The minimum Gasteiger partial charge on any atom is -0.312 e. The van der Waals surface area contributed by atoms with E-state index in [1.54, 1.807) is 46.7 Å². The molecule has 2 amide bonds. The van der Waals surface area contributed by atoms with Gasteiger partial charge in [-0.25, -0.2) is 5.43 Å². The molecule has 124 valence electrons. The Balaban J connectivity index is 1.60. The van der Waals surface area contributed by atoms with E-state index in [0.29, 0.717) is 11.6 Å². The van der Waals surface area contributed by atoms with E-state index in [4.69, 9.17) is 11.6 Å². The lowest BCUT2D eigenvalue weighted by atomic mass is 10.1. The average molecular weight is 362 g/mol. The molecule has 0 unspecified atom stereocenters. The van der Waals surface area contributed by atoms with Gasteiger partial charge in [-0.3, -0.25) is 9.59 Å². The van der Waals surface area contributed by atoms with Crippen LogP contribution in [0.5, 0.6) is 0 Å². The molecule has 1 saturated heterocycles. The van der Waals surface area contributed by atoms with Crippen LogP contribution < -0.4 is 10.3 Å². The second kappa shape index (κ2) is 7.15. The number of carbonyl (C=O) groups excluding carboxylic acids is 2. The zero-order chi connectivity index (χ0) is 17.1. The second-order valence-corrected chi connectivity index (χ2v) is 6.97. The Kier molecular flexibility index (Phi) is 4.97. The molecule has 1 aliphatic heterocycles. The number of thiophene rings is 1. The van der Waals surface area contributed by atoms with Gasteiger partial charge in [0.25, 0.3) is 0 Å². The summed E-state index contributed by atoms with van der Waals surface area (Å²) in [6.07, 6.45) is 1.81. The van der Waals surface area contributed by atoms with Crippen LogP contribution in [0.25, 0.3) is 0 Å². The highest BCUT2D eigenvalue weighted by molar-refractivity contribution is 7.11. The van der Waals surface area contributed by atoms with E-state index in [0.717, 1.165) is 16.1 Å². The first-order chi connectivity index (χ1) is 11.5. The fraction of sp³-hybridized carbons (Fsp3) is 0.235. The van der Waals surface area contributed by atoms with Crippen LogP contribution in [0.3, 0.4) is 0 Å². The van der Waals surface area contributed by atoms with Gasteiger partial charge in [-0.1, -0.05) is 11.6 Å². The molecule has 1 N–H and O–H groups in total. The highest BCUT2D eigenvalue weighted by Gasteiger charge is 2.35. The minimum atomic E-state index is -0.408. The van der Waals surface area contributed by atoms with E-state index < -0.39 is 5.92 Å². The molecule has 0 saturated carbocycles. The Bertz CT molecular complexity index is 785. The van der Waals surface area contributed by atoms with Gasteiger partial charge in [0.1, 0.15) is 0 Å². The lowest BCUT2D eigenvalue weighted by Gasteiger charge is -2.16. The molecule has 0 aliphatic carbocycles. The van der Waals surface area contributed by atoms with Crippen molar-refractivity contribution in [3.8, 4) is 0 Å². The van der Waals surface area contributed by atoms with Crippen molar-refractivity contribution in [2.24, 2.45) is 11.0 Å². The fourth-order valence-electron chi connectivity index (χ4n) is 2.52. The van der Waals surface area contributed by atoms with Gasteiger partial charge in [0.15, 0.2) is 0 Å². The molecule has 2 heterocycles. The third-order valence-corrected chi connectivity index (χ3v) is 5.10. The van der Waals surface area contributed by atoms with Gasteiger partial charge in [-0.15, -0.1) is 11.3 Å². The number of aryl methyl sites for hydroxylation is 1. The first-order valence-electron chi connectivity index (χ1n) is 7.47. The van der Waals surface area contributed by atoms with Crippen molar-refractivity contribution >= 4 is 46.7 Å². The number of halogens is 1. The summed E-state index contributed by atoms with van der Waals surface area (Å²) >= 11 is 7.42. The van der Waals surface area contributed by atoms with Crippen LogP contribution >= 0.6 is 22.9 Å². The highest BCUT2D eigenvalue weighted by atomic mass is 35.5. The number of anilines is 1. The molecule has 1 aliphatic rings. The van der Waals surface area contributed by atoms with Crippen LogP contribution in [0.4, 0.5) is 5.69 Å². The van der Waals surface area contributed by atoms with Crippen molar-refractivity contribution in [1.29, 1.82) is 0 Å². The van der Waals surface area contributed by atoms with E-state index in [1.165, 1.54) is 0 Å². The molecular weight excluding hydrogens is 346 g/mol. The molecule has 1 aromatic carbocycles. The minimum absolute atomic E-state index is 0.0736. The van der Waals surface area contributed by atoms with Gasteiger partial charge < -0.3 is 4.90 Å². The topological polar surface area (TPSA) is 61.8 Å². The van der Waals surface area contributed by atoms with Gasteiger partial charge in [0.2, 0.25) is 11.8 Å². The molecule has 2 aromatic rings. The van der Waals surface area contributed by atoms with Gasteiger partial charge in [-0.2, -0.15) is 5.10 Å². The van der Waals surface area contributed by atoms with Gasteiger partial charge in [0, 0.05) is 28.6 Å². The number of hydrogen-bond acceptors (Lipinski definition) is 4. The van der Waals surface area contributed by atoms with Gasteiger partial charge in [-0.05, 0) is 48.2 Å². The van der Waals surface area contributed by atoms with Crippen LogP contribution in [0.1, 0.15) is 16.9 Å². The lowest BCUT2D eigenvalue weighted by molar-refractivity contribution is -0.126.